The van der Waals surface area contributed by atoms with Crippen LogP contribution < -0.4 is 20.7 Å². The average molecular weight is 431 g/mol. The van der Waals surface area contributed by atoms with Crippen LogP contribution in [0, 0.1) is 6.92 Å². The van der Waals surface area contributed by atoms with Crippen molar-refractivity contribution in [2.75, 3.05) is 7.11 Å². The first kappa shape index (κ1) is 20.5. The lowest BCUT2D eigenvalue weighted by Gasteiger charge is -2.24. The monoisotopic (exact) mass is 430 g/mol. The molecule has 4 aromatic carbocycles. The van der Waals surface area contributed by atoms with Gasteiger partial charge >= 0.3 is 0 Å². The lowest BCUT2D eigenvalue weighted by molar-refractivity contribution is 0.417. The predicted molar refractivity (Wildman–Crippen MR) is 128 cm³/mol. The Morgan fingerprint density at radius 2 is 1.27 bits per heavy atom. The number of rotatable bonds is 6. The van der Waals surface area contributed by atoms with Crippen molar-refractivity contribution in [2.24, 2.45) is 0 Å². The van der Waals surface area contributed by atoms with E-state index in [0.29, 0.717) is 0 Å². The number of hydrogen-bond acceptors (Lipinski definition) is 2. The largest absolute Gasteiger partial charge is 0.496 e. The van der Waals surface area contributed by atoms with Gasteiger partial charge in [0.2, 0.25) is 0 Å². The average Bonchev–Trinajstić information content (AvgIpc) is 2.81. The second-order valence-electron chi connectivity index (χ2n) is 6.90. The SMILES string of the molecule is COc1cccc(S(=O)c2ccc(C)cc2)c1P(c1ccccc1)c1ccccc1. The van der Waals surface area contributed by atoms with E-state index in [9.17, 15) is 4.21 Å². The van der Waals surface area contributed by atoms with Gasteiger partial charge in [0, 0.05) is 10.2 Å². The summed E-state index contributed by atoms with van der Waals surface area (Å²) in [7, 11) is -0.569. The predicted octanol–water partition coefficient (Wildman–Crippen LogP) is 4.93. The molecule has 1 atom stereocenters. The van der Waals surface area contributed by atoms with E-state index in [1.165, 1.54) is 10.6 Å². The number of benzene rings is 4. The Kier molecular flexibility index (Phi) is 6.42. The van der Waals surface area contributed by atoms with Gasteiger partial charge in [0.25, 0.3) is 0 Å². The lowest BCUT2D eigenvalue weighted by atomic mass is 10.2. The molecule has 0 saturated carbocycles. The van der Waals surface area contributed by atoms with Gasteiger partial charge in [0.1, 0.15) is 5.75 Å². The molecule has 4 heteroatoms. The van der Waals surface area contributed by atoms with Gasteiger partial charge in [-0.25, -0.2) is 4.21 Å². The van der Waals surface area contributed by atoms with Crippen molar-refractivity contribution in [3.8, 4) is 5.75 Å². The van der Waals surface area contributed by atoms with Gasteiger partial charge in [0.05, 0.1) is 22.8 Å². The summed E-state index contributed by atoms with van der Waals surface area (Å²) in [5.74, 6) is 0.770. The van der Waals surface area contributed by atoms with E-state index in [4.69, 9.17) is 4.74 Å². The molecule has 0 N–H and O–H groups in total. The van der Waals surface area contributed by atoms with E-state index in [1.807, 2.05) is 61.5 Å². The first-order valence-electron chi connectivity index (χ1n) is 9.74. The summed E-state index contributed by atoms with van der Waals surface area (Å²) >= 11 is 0. The zero-order chi connectivity index (χ0) is 20.9. The zero-order valence-corrected chi connectivity index (χ0v) is 18.7. The maximum Gasteiger partial charge on any atom is 0.128 e. The molecule has 0 fully saturated rings. The Hall–Kier alpha value is -2.74. The molecule has 0 aromatic heterocycles. The van der Waals surface area contributed by atoms with Gasteiger partial charge in [0.15, 0.2) is 0 Å². The number of hydrogen-bond donors (Lipinski definition) is 0. The van der Waals surface area contributed by atoms with E-state index < -0.39 is 18.7 Å². The van der Waals surface area contributed by atoms with Crippen LogP contribution in [0.2, 0.25) is 0 Å². The molecule has 0 radical (unpaired) electrons. The molecule has 0 aliphatic carbocycles. The van der Waals surface area contributed by atoms with Crippen molar-refractivity contribution in [1.82, 2.24) is 0 Å². The van der Waals surface area contributed by atoms with Crippen LogP contribution in [0.3, 0.4) is 0 Å². The molecule has 0 aliphatic heterocycles. The van der Waals surface area contributed by atoms with Crippen LogP contribution in [0.4, 0.5) is 0 Å². The van der Waals surface area contributed by atoms with Gasteiger partial charge in [-0.2, -0.15) is 0 Å². The van der Waals surface area contributed by atoms with Crippen molar-refractivity contribution < 1.29 is 8.95 Å². The summed E-state index contributed by atoms with van der Waals surface area (Å²) in [6, 6.07) is 34.6. The first-order valence-corrected chi connectivity index (χ1v) is 12.2. The summed E-state index contributed by atoms with van der Waals surface area (Å²) < 4.78 is 19.5. The third kappa shape index (κ3) is 4.23. The van der Waals surface area contributed by atoms with Crippen LogP contribution in [0.15, 0.2) is 113 Å². The molecule has 0 amide bonds. The van der Waals surface area contributed by atoms with Gasteiger partial charge in [-0.1, -0.05) is 84.4 Å². The van der Waals surface area contributed by atoms with Crippen LogP contribution in [-0.4, -0.2) is 11.3 Å². The topological polar surface area (TPSA) is 26.3 Å². The van der Waals surface area contributed by atoms with Crippen LogP contribution in [-0.2, 0) is 10.8 Å². The minimum absolute atomic E-state index is 0.770. The van der Waals surface area contributed by atoms with E-state index in [-0.39, 0.29) is 0 Å². The number of aryl methyl sites for hydroxylation is 1. The molecule has 1 unspecified atom stereocenters. The van der Waals surface area contributed by atoms with Crippen LogP contribution in [0.1, 0.15) is 5.56 Å². The van der Waals surface area contributed by atoms with Crippen molar-refractivity contribution in [2.45, 2.75) is 16.7 Å². The fraction of sp³-hybridized carbons (Fsp3) is 0.0769. The van der Waals surface area contributed by atoms with Crippen molar-refractivity contribution in [3.05, 3.63) is 109 Å². The fourth-order valence-corrected chi connectivity index (χ4v) is 7.46. The van der Waals surface area contributed by atoms with Crippen molar-refractivity contribution in [1.29, 1.82) is 0 Å². The first-order chi connectivity index (χ1) is 14.7. The maximum absolute atomic E-state index is 13.7. The summed E-state index contributed by atoms with van der Waals surface area (Å²) in [4.78, 5) is 1.60. The minimum atomic E-state index is -1.31. The molecule has 0 saturated heterocycles. The van der Waals surface area contributed by atoms with E-state index in [2.05, 4.69) is 48.5 Å². The Balaban J connectivity index is 1.95. The van der Waals surface area contributed by atoms with E-state index in [0.717, 1.165) is 26.4 Å². The molecule has 30 heavy (non-hydrogen) atoms. The quantitative estimate of drug-likeness (QED) is 0.406. The maximum atomic E-state index is 13.7. The van der Waals surface area contributed by atoms with Gasteiger partial charge in [-0.3, -0.25) is 0 Å². The molecule has 150 valence electrons. The Labute approximate surface area is 181 Å². The summed E-state index contributed by atoms with van der Waals surface area (Å²) in [5.41, 5.74) is 1.15. The number of methoxy groups -OCH3 is 1. The smallest absolute Gasteiger partial charge is 0.128 e. The highest BCUT2D eigenvalue weighted by Gasteiger charge is 2.26. The van der Waals surface area contributed by atoms with E-state index >= 15 is 0 Å². The van der Waals surface area contributed by atoms with Crippen LogP contribution in [0.25, 0.3) is 0 Å². The molecular formula is C26H23O2PS. The molecule has 0 aliphatic rings. The zero-order valence-electron chi connectivity index (χ0n) is 17.0. The van der Waals surface area contributed by atoms with Crippen LogP contribution >= 0.6 is 7.92 Å². The highest BCUT2D eigenvalue weighted by atomic mass is 32.2. The van der Waals surface area contributed by atoms with E-state index in [1.54, 1.807) is 7.11 Å². The standard InChI is InChI=1S/C26H23O2PS/c1-20-16-18-23(19-17-20)30(27)25-15-9-14-24(28-2)26(25)29(21-10-5-3-6-11-21)22-12-7-4-8-13-22/h3-19H,1-2H3. The summed E-state index contributed by atoms with van der Waals surface area (Å²) in [6.07, 6.45) is 0. The molecule has 0 spiro atoms. The van der Waals surface area contributed by atoms with Crippen molar-refractivity contribution in [3.63, 3.8) is 0 Å². The Morgan fingerprint density at radius 3 is 1.80 bits per heavy atom. The molecule has 4 rings (SSSR count). The fourth-order valence-electron chi connectivity index (χ4n) is 3.39. The minimum Gasteiger partial charge on any atom is -0.496 e. The lowest BCUT2D eigenvalue weighted by Crippen LogP contribution is -2.25. The van der Waals surface area contributed by atoms with Crippen LogP contribution in [0.5, 0.6) is 5.75 Å². The van der Waals surface area contributed by atoms with Crippen molar-refractivity contribution >= 4 is 34.6 Å². The molecule has 2 nitrogen and oxygen atoms in total. The normalized spacial score (nSPS) is 12.0. The summed E-state index contributed by atoms with van der Waals surface area (Å²) in [6.45, 7) is 2.04. The second kappa shape index (κ2) is 9.38. The molecular weight excluding hydrogens is 407 g/mol. The second-order valence-corrected chi connectivity index (χ2v) is 10.5. The van der Waals surface area contributed by atoms with Gasteiger partial charge in [-0.05, 0) is 49.7 Å². The molecule has 0 heterocycles. The highest BCUT2D eigenvalue weighted by molar-refractivity contribution is 7.87. The summed E-state index contributed by atoms with van der Waals surface area (Å²) in [5, 5.41) is 3.40. The third-order valence-electron chi connectivity index (χ3n) is 4.87. The number of ether oxygens (including phenoxy) is 1. The highest BCUT2D eigenvalue weighted by Crippen LogP contribution is 2.39. The third-order valence-corrected chi connectivity index (χ3v) is 9.00. The molecule has 0 bridgehead atoms. The molecule has 4 aromatic rings. The Bertz CT molecular complexity index is 1100. The van der Waals surface area contributed by atoms with Gasteiger partial charge in [-0.15, -0.1) is 0 Å². The van der Waals surface area contributed by atoms with Gasteiger partial charge < -0.3 is 4.74 Å². The Morgan fingerprint density at radius 1 is 0.700 bits per heavy atom.